The third kappa shape index (κ3) is 3.16. The summed E-state index contributed by atoms with van der Waals surface area (Å²) in [6.45, 7) is 4.06. The van der Waals surface area contributed by atoms with Crippen LogP contribution in [0.1, 0.15) is 55.5 Å². The minimum Gasteiger partial charge on any atom is -0.478 e. The second kappa shape index (κ2) is 6.55. The Labute approximate surface area is 137 Å². The van der Waals surface area contributed by atoms with Crippen molar-refractivity contribution in [1.29, 1.82) is 5.26 Å². The molecule has 1 aliphatic rings. The van der Waals surface area contributed by atoms with Crippen LogP contribution in [0.25, 0.3) is 6.08 Å². The van der Waals surface area contributed by atoms with Crippen molar-refractivity contribution >= 4 is 12.0 Å². The van der Waals surface area contributed by atoms with Crippen LogP contribution in [0, 0.1) is 22.7 Å². The van der Waals surface area contributed by atoms with E-state index in [1.807, 2.05) is 13.8 Å². The van der Waals surface area contributed by atoms with Crippen LogP contribution in [0.15, 0.2) is 30.3 Å². The van der Waals surface area contributed by atoms with E-state index >= 15 is 0 Å². The van der Waals surface area contributed by atoms with Gasteiger partial charge in [0.15, 0.2) is 0 Å². The van der Waals surface area contributed by atoms with Gasteiger partial charge in [-0.2, -0.15) is 5.26 Å². The van der Waals surface area contributed by atoms with Gasteiger partial charge < -0.3 is 10.2 Å². The third-order valence-corrected chi connectivity index (χ3v) is 5.03. The van der Waals surface area contributed by atoms with Crippen molar-refractivity contribution in [3.8, 4) is 6.07 Å². The quantitative estimate of drug-likeness (QED) is 0.800. The predicted molar refractivity (Wildman–Crippen MR) is 88.7 cm³/mol. The summed E-state index contributed by atoms with van der Waals surface area (Å²) in [7, 11) is 0. The van der Waals surface area contributed by atoms with Gasteiger partial charge in [0.05, 0.1) is 17.0 Å². The zero-order valence-electron chi connectivity index (χ0n) is 13.6. The van der Waals surface area contributed by atoms with Gasteiger partial charge in [0.2, 0.25) is 0 Å². The van der Waals surface area contributed by atoms with Crippen LogP contribution < -0.4 is 0 Å². The molecule has 122 valence electrons. The Hall–Kier alpha value is -2.12. The molecule has 1 aromatic carbocycles. The Morgan fingerprint density at radius 3 is 2.30 bits per heavy atom. The van der Waals surface area contributed by atoms with E-state index in [-0.39, 0.29) is 11.5 Å². The van der Waals surface area contributed by atoms with Gasteiger partial charge in [-0.3, -0.25) is 0 Å². The summed E-state index contributed by atoms with van der Waals surface area (Å²) in [6.07, 6.45) is 6.59. The average molecular weight is 313 g/mol. The summed E-state index contributed by atoms with van der Waals surface area (Å²) in [5.74, 6) is -0.935. The monoisotopic (exact) mass is 313 g/mol. The molecule has 1 aliphatic carbocycles. The summed E-state index contributed by atoms with van der Waals surface area (Å²) in [5, 5.41) is 29.7. The van der Waals surface area contributed by atoms with Gasteiger partial charge >= 0.3 is 5.97 Å². The number of aliphatic hydroxyl groups is 1. The van der Waals surface area contributed by atoms with E-state index in [9.17, 15) is 15.2 Å². The topological polar surface area (TPSA) is 81.3 Å². The molecule has 1 atom stereocenters. The Balaban J connectivity index is 2.31. The molecule has 1 saturated carbocycles. The maximum absolute atomic E-state index is 11.3. The molecule has 0 aliphatic heterocycles. The zero-order valence-corrected chi connectivity index (χ0v) is 13.6. The highest BCUT2D eigenvalue weighted by Crippen LogP contribution is 2.58. The molecule has 0 amide bonds. The lowest BCUT2D eigenvalue weighted by molar-refractivity contribution is -0.0209. The standard InChI is InChI=1S/C19H23NO3/c1-3-16(4-2)19(23,18(13-20)11-12-18)10-9-14-5-7-15(8-6-14)17(21)22/h5-10,16,23H,3-4,11-12H2,1-2H3,(H,21,22)/b10-9+/t19-/m0/s1. The number of hydrogen-bond donors (Lipinski definition) is 2. The molecule has 1 fully saturated rings. The molecule has 0 spiro atoms. The maximum Gasteiger partial charge on any atom is 0.335 e. The second-order valence-corrected chi connectivity index (χ2v) is 6.29. The molecule has 0 bridgehead atoms. The van der Waals surface area contributed by atoms with E-state index in [4.69, 9.17) is 5.11 Å². The van der Waals surface area contributed by atoms with Crippen molar-refractivity contribution in [2.24, 2.45) is 11.3 Å². The van der Waals surface area contributed by atoms with Gasteiger partial charge in [-0.25, -0.2) is 4.79 Å². The number of aromatic carboxylic acids is 1. The van der Waals surface area contributed by atoms with Gasteiger partial charge in [-0.05, 0) is 36.5 Å². The van der Waals surface area contributed by atoms with Gasteiger partial charge in [-0.15, -0.1) is 0 Å². The minimum atomic E-state index is -1.14. The highest BCUT2D eigenvalue weighted by Gasteiger charge is 2.60. The molecule has 1 aromatic rings. The van der Waals surface area contributed by atoms with Crippen LogP contribution >= 0.6 is 0 Å². The van der Waals surface area contributed by atoms with Crippen LogP contribution in [0.5, 0.6) is 0 Å². The highest BCUT2D eigenvalue weighted by molar-refractivity contribution is 5.87. The summed E-state index contributed by atoms with van der Waals surface area (Å²) in [5.41, 5.74) is -0.779. The van der Waals surface area contributed by atoms with E-state index in [1.165, 1.54) is 12.1 Å². The minimum absolute atomic E-state index is 0.0270. The lowest BCUT2D eigenvalue weighted by Crippen LogP contribution is -2.44. The molecule has 0 radical (unpaired) electrons. The van der Waals surface area contributed by atoms with Crippen LogP contribution in [-0.2, 0) is 0 Å². The van der Waals surface area contributed by atoms with Gasteiger partial charge in [0.25, 0.3) is 0 Å². The first-order valence-electron chi connectivity index (χ1n) is 8.08. The molecular formula is C19H23NO3. The van der Waals surface area contributed by atoms with E-state index < -0.39 is 17.0 Å². The molecule has 4 nitrogen and oxygen atoms in total. The Bertz CT molecular complexity index is 634. The second-order valence-electron chi connectivity index (χ2n) is 6.29. The average Bonchev–Trinajstić information content (AvgIpc) is 3.36. The van der Waals surface area contributed by atoms with Gasteiger partial charge in [-0.1, -0.05) is 51.0 Å². The maximum atomic E-state index is 11.3. The van der Waals surface area contributed by atoms with Crippen molar-refractivity contribution in [2.75, 3.05) is 0 Å². The number of hydrogen-bond acceptors (Lipinski definition) is 3. The largest absolute Gasteiger partial charge is 0.478 e. The number of carbonyl (C=O) groups is 1. The van der Waals surface area contributed by atoms with E-state index in [0.717, 1.165) is 31.2 Å². The van der Waals surface area contributed by atoms with Crippen molar-refractivity contribution < 1.29 is 15.0 Å². The van der Waals surface area contributed by atoms with E-state index in [2.05, 4.69) is 6.07 Å². The summed E-state index contributed by atoms with van der Waals surface area (Å²) in [4.78, 5) is 10.9. The smallest absolute Gasteiger partial charge is 0.335 e. The number of carboxylic acids is 1. The summed E-state index contributed by atoms with van der Waals surface area (Å²) in [6, 6.07) is 8.81. The molecule has 0 unspecified atom stereocenters. The summed E-state index contributed by atoms with van der Waals surface area (Å²) < 4.78 is 0. The Kier molecular flexibility index (Phi) is 4.91. The van der Waals surface area contributed by atoms with Crippen LogP contribution in [0.4, 0.5) is 0 Å². The lowest BCUT2D eigenvalue weighted by atomic mass is 9.72. The lowest BCUT2D eigenvalue weighted by Gasteiger charge is -2.37. The van der Waals surface area contributed by atoms with E-state index in [0.29, 0.717) is 0 Å². The Morgan fingerprint density at radius 2 is 1.91 bits per heavy atom. The highest BCUT2D eigenvalue weighted by atomic mass is 16.4. The number of carboxylic acid groups (broad SMARTS) is 1. The molecule has 0 saturated heterocycles. The third-order valence-electron chi connectivity index (χ3n) is 5.03. The number of rotatable bonds is 7. The predicted octanol–water partition coefficient (Wildman–Crippen LogP) is 3.87. The van der Waals surface area contributed by atoms with Crippen molar-refractivity contribution in [3.05, 3.63) is 41.5 Å². The molecule has 2 rings (SSSR count). The van der Waals surface area contributed by atoms with Crippen molar-refractivity contribution in [1.82, 2.24) is 0 Å². The van der Waals surface area contributed by atoms with Crippen LogP contribution in [-0.4, -0.2) is 21.8 Å². The molecule has 0 aromatic heterocycles. The first-order valence-corrected chi connectivity index (χ1v) is 8.08. The number of nitriles is 1. The fourth-order valence-electron chi connectivity index (χ4n) is 3.28. The fourth-order valence-corrected chi connectivity index (χ4v) is 3.28. The molecular weight excluding hydrogens is 290 g/mol. The fraction of sp³-hybridized carbons (Fsp3) is 0.474. The first-order chi connectivity index (χ1) is 10.9. The zero-order chi connectivity index (χ0) is 17.1. The number of benzene rings is 1. The van der Waals surface area contributed by atoms with Crippen LogP contribution in [0.3, 0.4) is 0 Å². The first kappa shape index (κ1) is 17.2. The molecule has 0 heterocycles. The molecule has 2 N–H and O–H groups in total. The molecule has 23 heavy (non-hydrogen) atoms. The Morgan fingerprint density at radius 1 is 1.35 bits per heavy atom. The van der Waals surface area contributed by atoms with Gasteiger partial charge in [0.1, 0.15) is 5.60 Å². The van der Waals surface area contributed by atoms with E-state index in [1.54, 1.807) is 24.3 Å². The van der Waals surface area contributed by atoms with Gasteiger partial charge in [0, 0.05) is 0 Å². The summed E-state index contributed by atoms with van der Waals surface area (Å²) >= 11 is 0. The van der Waals surface area contributed by atoms with Crippen molar-refractivity contribution in [3.63, 3.8) is 0 Å². The van der Waals surface area contributed by atoms with Crippen LogP contribution in [0.2, 0.25) is 0 Å². The molecule has 4 heteroatoms. The van der Waals surface area contributed by atoms with Crippen molar-refractivity contribution in [2.45, 2.75) is 45.1 Å². The number of nitrogens with zero attached hydrogens (tertiary/aromatic N) is 1. The SMILES string of the molecule is CCC(CC)[C@@](O)(/C=C/c1ccc(C(=O)O)cc1)C1(C#N)CC1. The normalized spacial score (nSPS) is 18.6.